The molecule has 2 aromatic rings. The quantitative estimate of drug-likeness (QED) is 0.818. The lowest BCUT2D eigenvalue weighted by Crippen LogP contribution is -2.37. The summed E-state index contributed by atoms with van der Waals surface area (Å²) in [5.41, 5.74) is 4.12. The summed E-state index contributed by atoms with van der Waals surface area (Å²) in [6.45, 7) is 5.62. The van der Waals surface area contributed by atoms with E-state index in [0.29, 0.717) is 5.92 Å². The van der Waals surface area contributed by atoms with Gasteiger partial charge in [0.15, 0.2) is 0 Å². The third-order valence-electron chi connectivity index (χ3n) is 5.54. The van der Waals surface area contributed by atoms with E-state index in [9.17, 15) is 0 Å². The Bertz CT molecular complexity index is 631. The topological polar surface area (TPSA) is 12.5 Å². The Morgan fingerprint density at radius 3 is 2.46 bits per heavy atom. The predicted octanol–water partition coefficient (Wildman–Crippen LogP) is 4.57. The molecule has 0 spiro atoms. The highest BCUT2D eigenvalue weighted by Crippen LogP contribution is 2.30. The smallest absolute Gasteiger partial charge is 0.0507 e. The van der Waals surface area contributed by atoms with Crippen LogP contribution in [0, 0.1) is 5.92 Å². The Labute approximate surface area is 145 Å². The molecule has 2 atom stereocenters. The monoisotopic (exact) mass is 321 g/mol. The van der Waals surface area contributed by atoms with Gasteiger partial charge >= 0.3 is 0 Å². The standard InChI is InChI=1S/C22H27NO/c1-2-5-19(6-3-1)20-8-10-21(11-9-20)22-7-4-13-23(16-22)15-18-12-14-24-17-18/h1-3,5-6,8-11,18,22H,4,7,12-17H2. The molecule has 2 heterocycles. The van der Waals surface area contributed by atoms with Crippen LogP contribution in [0.1, 0.15) is 30.7 Å². The van der Waals surface area contributed by atoms with Crippen molar-refractivity contribution in [1.82, 2.24) is 4.90 Å². The SMILES string of the molecule is c1ccc(-c2ccc(C3CCCN(CC4CCOC4)C3)cc2)cc1. The summed E-state index contributed by atoms with van der Waals surface area (Å²) in [4.78, 5) is 2.67. The molecule has 0 amide bonds. The first-order valence-electron chi connectivity index (χ1n) is 9.34. The van der Waals surface area contributed by atoms with Gasteiger partial charge in [0.25, 0.3) is 0 Å². The van der Waals surface area contributed by atoms with Gasteiger partial charge in [-0.05, 0) is 54.3 Å². The molecule has 126 valence electrons. The van der Waals surface area contributed by atoms with Gasteiger partial charge in [0.05, 0.1) is 6.61 Å². The molecule has 0 saturated carbocycles. The molecule has 0 N–H and O–H groups in total. The van der Waals surface area contributed by atoms with Gasteiger partial charge in [0.2, 0.25) is 0 Å². The van der Waals surface area contributed by atoms with Gasteiger partial charge < -0.3 is 9.64 Å². The van der Waals surface area contributed by atoms with Crippen LogP contribution in [-0.4, -0.2) is 37.7 Å². The van der Waals surface area contributed by atoms with Crippen molar-refractivity contribution >= 4 is 0 Å². The molecule has 2 aliphatic heterocycles. The van der Waals surface area contributed by atoms with Crippen LogP contribution in [0.4, 0.5) is 0 Å². The van der Waals surface area contributed by atoms with Crippen molar-refractivity contribution in [1.29, 1.82) is 0 Å². The van der Waals surface area contributed by atoms with Gasteiger partial charge in [-0.3, -0.25) is 0 Å². The Morgan fingerprint density at radius 1 is 0.917 bits per heavy atom. The first-order valence-corrected chi connectivity index (χ1v) is 9.34. The van der Waals surface area contributed by atoms with Crippen LogP contribution in [0.15, 0.2) is 54.6 Å². The zero-order chi connectivity index (χ0) is 16.2. The van der Waals surface area contributed by atoms with Crippen molar-refractivity contribution in [3.63, 3.8) is 0 Å². The van der Waals surface area contributed by atoms with Crippen molar-refractivity contribution in [2.75, 3.05) is 32.8 Å². The van der Waals surface area contributed by atoms with Crippen molar-refractivity contribution < 1.29 is 4.74 Å². The maximum Gasteiger partial charge on any atom is 0.0507 e. The summed E-state index contributed by atoms with van der Waals surface area (Å²) in [7, 11) is 0. The maximum atomic E-state index is 5.54. The normalized spacial score (nSPS) is 25.0. The molecule has 2 nitrogen and oxygen atoms in total. The molecule has 4 rings (SSSR count). The minimum atomic E-state index is 0.686. The molecule has 0 radical (unpaired) electrons. The molecule has 0 aliphatic carbocycles. The van der Waals surface area contributed by atoms with E-state index in [2.05, 4.69) is 59.5 Å². The highest BCUT2D eigenvalue weighted by Gasteiger charge is 2.25. The average Bonchev–Trinajstić information content (AvgIpc) is 3.16. The number of benzene rings is 2. The molecule has 2 aliphatic rings. The highest BCUT2D eigenvalue weighted by molar-refractivity contribution is 5.63. The summed E-state index contributed by atoms with van der Waals surface area (Å²) in [6, 6.07) is 19.9. The second-order valence-corrected chi connectivity index (χ2v) is 7.32. The third-order valence-corrected chi connectivity index (χ3v) is 5.54. The Kier molecular flexibility index (Phi) is 4.96. The number of hydrogen-bond acceptors (Lipinski definition) is 2. The number of ether oxygens (including phenoxy) is 1. The second kappa shape index (κ2) is 7.50. The van der Waals surface area contributed by atoms with Gasteiger partial charge in [-0.2, -0.15) is 0 Å². The van der Waals surface area contributed by atoms with Crippen molar-refractivity contribution in [2.45, 2.75) is 25.2 Å². The first kappa shape index (κ1) is 15.9. The fourth-order valence-corrected chi connectivity index (χ4v) is 4.16. The van der Waals surface area contributed by atoms with Crippen molar-refractivity contribution in [2.24, 2.45) is 5.92 Å². The lowest BCUT2D eigenvalue weighted by atomic mass is 9.89. The van der Waals surface area contributed by atoms with E-state index in [0.717, 1.165) is 19.1 Å². The fraction of sp³-hybridized carbons (Fsp3) is 0.455. The van der Waals surface area contributed by atoms with E-state index in [1.54, 1.807) is 0 Å². The first-order chi connectivity index (χ1) is 11.9. The molecular weight excluding hydrogens is 294 g/mol. The van der Waals surface area contributed by atoms with E-state index in [4.69, 9.17) is 4.74 Å². The van der Waals surface area contributed by atoms with Gasteiger partial charge in [0, 0.05) is 19.7 Å². The molecule has 2 aromatic carbocycles. The van der Waals surface area contributed by atoms with Crippen LogP contribution in [0.3, 0.4) is 0 Å². The van der Waals surface area contributed by atoms with Crippen LogP contribution < -0.4 is 0 Å². The number of nitrogens with zero attached hydrogens (tertiary/aromatic N) is 1. The Balaban J connectivity index is 1.41. The lowest BCUT2D eigenvalue weighted by molar-refractivity contribution is 0.150. The van der Waals surface area contributed by atoms with E-state index in [1.165, 1.54) is 55.6 Å². The van der Waals surface area contributed by atoms with Gasteiger partial charge in [0.1, 0.15) is 0 Å². The van der Waals surface area contributed by atoms with Crippen molar-refractivity contribution in [3.8, 4) is 11.1 Å². The molecule has 2 fully saturated rings. The van der Waals surface area contributed by atoms with E-state index in [1.807, 2.05) is 0 Å². The molecule has 2 heteroatoms. The zero-order valence-corrected chi connectivity index (χ0v) is 14.4. The maximum absolute atomic E-state index is 5.54. The third kappa shape index (κ3) is 3.71. The number of likely N-dealkylation sites (tertiary alicyclic amines) is 1. The molecule has 0 bridgehead atoms. The number of hydrogen-bond donors (Lipinski definition) is 0. The summed E-state index contributed by atoms with van der Waals surface area (Å²) in [5, 5.41) is 0. The zero-order valence-electron chi connectivity index (χ0n) is 14.4. The predicted molar refractivity (Wildman–Crippen MR) is 99.2 cm³/mol. The van der Waals surface area contributed by atoms with Gasteiger partial charge in [-0.1, -0.05) is 54.6 Å². The largest absolute Gasteiger partial charge is 0.381 e. The van der Waals surface area contributed by atoms with Crippen LogP contribution >= 0.6 is 0 Å². The minimum Gasteiger partial charge on any atom is -0.381 e. The summed E-state index contributed by atoms with van der Waals surface area (Å²) < 4.78 is 5.54. The summed E-state index contributed by atoms with van der Waals surface area (Å²) >= 11 is 0. The lowest BCUT2D eigenvalue weighted by Gasteiger charge is -2.34. The number of rotatable bonds is 4. The van der Waals surface area contributed by atoms with Crippen LogP contribution in [-0.2, 0) is 4.74 Å². The Morgan fingerprint density at radius 2 is 1.71 bits per heavy atom. The van der Waals surface area contributed by atoms with E-state index >= 15 is 0 Å². The van der Waals surface area contributed by atoms with Gasteiger partial charge in [-0.15, -0.1) is 0 Å². The van der Waals surface area contributed by atoms with Crippen LogP contribution in [0.25, 0.3) is 11.1 Å². The van der Waals surface area contributed by atoms with Crippen molar-refractivity contribution in [3.05, 3.63) is 60.2 Å². The summed E-state index contributed by atoms with van der Waals surface area (Å²) in [6.07, 6.45) is 3.88. The minimum absolute atomic E-state index is 0.686. The second-order valence-electron chi connectivity index (χ2n) is 7.32. The van der Waals surface area contributed by atoms with E-state index < -0.39 is 0 Å². The molecule has 24 heavy (non-hydrogen) atoms. The molecule has 2 unspecified atom stereocenters. The number of piperidine rings is 1. The summed E-state index contributed by atoms with van der Waals surface area (Å²) in [5.74, 6) is 1.44. The molecule has 0 aromatic heterocycles. The van der Waals surface area contributed by atoms with Gasteiger partial charge in [-0.25, -0.2) is 0 Å². The fourth-order valence-electron chi connectivity index (χ4n) is 4.16. The highest BCUT2D eigenvalue weighted by atomic mass is 16.5. The average molecular weight is 321 g/mol. The van der Waals surface area contributed by atoms with Crippen LogP contribution in [0.5, 0.6) is 0 Å². The molecular formula is C22H27NO. The van der Waals surface area contributed by atoms with Crippen LogP contribution in [0.2, 0.25) is 0 Å². The molecule has 2 saturated heterocycles. The van der Waals surface area contributed by atoms with E-state index in [-0.39, 0.29) is 0 Å². The Hall–Kier alpha value is -1.64.